The van der Waals surface area contributed by atoms with Gasteiger partial charge < -0.3 is 15.5 Å². The van der Waals surface area contributed by atoms with Crippen molar-refractivity contribution in [1.82, 2.24) is 20.5 Å². The minimum Gasteiger partial charge on any atom is -0.351 e. The molecule has 0 bridgehead atoms. The predicted molar refractivity (Wildman–Crippen MR) is 121 cm³/mol. The van der Waals surface area contributed by atoms with Gasteiger partial charge in [-0.25, -0.2) is 0 Å². The Labute approximate surface area is 187 Å². The maximum atomic E-state index is 13.3. The van der Waals surface area contributed by atoms with Gasteiger partial charge in [0.05, 0.1) is 11.4 Å². The summed E-state index contributed by atoms with van der Waals surface area (Å²) in [5.41, 5.74) is 0.673. The number of carbonyl (C=O) groups is 3. The highest BCUT2D eigenvalue weighted by molar-refractivity contribution is 7.12. The molecule has 0 spiro atoms. The van der Waals surface area contributed by atoms with Crippen LogP contribution in [0.2, 0.25) is 0 Å². The van der Waals surface area contributed by atoms with Gasteiger partial charge in [0.25, 0.3) is 5.91 Å². The van der Waals surface area contributed by atoms with E-state index in [4.69, 9.17) is 0 Å². The number of hydrogen-bond donors (Lipinski definition) is 2. The molecule has 1 fully saturated rings. The number of amides is 3. The molecule has 3 rings (SSSR count). The molecule has 31 heavy (non-hydrogen) atoms. The molecule has 2 aromatic heterocycles. The monoisotopic (exact) mass is 442 g/mol. The molecule has 0 unspecified atom stereocenters. The number of carbonyl (C=O) groups excluding carboxylic acids is 3. The molecule has 7 nitrogen and oxygen atoms in total. The minimum absolute atomic E-state index is 0.147. The first-order chi connectivity index (χ1) is 15.1. The Kier molecular flexibility index (Phi) is 8.58. The van der Waals surface area contributed by atoms with Crippen LogP contribution < -0.4 is 10.6 Å². The zero-order chi connectivity index (χ0) is 22.1. The Morgan fingerprint density at radius 1 is 1.23 bits per heavy atom. The van der Waals surface area contributed by atoms with Crippen molar-refractivity contribution in [1.29, 1.82) is 0 Å². The fourth-order valence-electron chi connectivity index (χ4n) is 3.84. The third-order valence-electron chi connectivity index (χ3n) is 5.48. The number of nitrogens with one attached hydrogen (secondary N) is 2. The van der Waals surface area contributed by atoms with Crippen LogP contribution in [-0.2, 0) is 9.59 Å². The van der Waals surface area contributed by atoms with Crippen LogP contribution in [0.25, 0.3) is 0 Å². The second-order valence-corrected chi connectivity index (χ2v) is 8.73. The lowest BCUT2D eigenvalue weighted by Crippen LogP contribution is -2.49. The highest BCUT2D eigenvalue weighted by Gasteiger charge is 2.33. The Morgan fingerprint density at radius 2 is 2.03 bits per heavy atom. The first-order valence-electron chi connectivity index (χ1n) is 10.9. The summed E-state index contributed by atoms with van der Waals surface area (Å²) in [7, 11) is 0. The summed E-state index contributed by atoms with van der Waals surface area (Å²) in [6.07, 6.45) is 9.07. The van der Waals surface area contributed by atoms with Gasteiger partial charge in [0, 0.05) is 30.5 Å². The van der Waals surface area contributed by atoms with E-state index in [2.05, 4.69) is 15.6 Å². The average Bonchev–Trinajstić information content (AvgIpc) is 3.49. The lowest BCUT2D eigenvalue weighted by Gasteiger charge is -2.32. The summed E-state index contributed by atoms with van der Waals surface area (Å²) in [4.78, 5) is 45.1. The van der Waals surface area contributed by atoms with Gasteiger partial charge in [-0.15, -0.1) is 11.3 Å². The van der Waals surface area contributed by atoms with Crippen LogP contribution in [0.4, 0.5) is 0 Å². The van der Waals surface area contributed by atoms with E-state index in [-0.39, 0.29) is 30.3 Å². The maximum absolute atomic E-state index is 13.3. The molecule has 2 N–H and O–H groups in total. The molecule has 1 aliphatic carbocycles. The predicted octanol–water partition coefficient (Wildman–Crippen LogP) is 3.30. The summed E-state index contributed by atoms with van der Waals surface area (Å²) in [6, 6.07) is 6.47. The van der Waals surface area contributed by atoms with Crippen LogP contribution in [0.3, 0.4) is 0 Å². The van der Waals surface area contributed by atoms with Crippen molar-refractivity contribution >= 4 is 29.1 Å². The number of aromatic nitrogens is 1. The highest BCUT2D eigenvalue weighted by atomic mass is 32.1. The standard InChI is InChI=1S/C23H30N4O3S/c1-2-3-13-27(20(28)16-25-22(29)19-11-7-14-31-19)21(17-8-6-12-24-15-17)23(30)26-18-9-4-5-10-18/h6-8,11-12,14-15,18,21H,2-5,9-10,13,16H2,1H3,(H,25,29)(H,26,30)/t21-/m1/s1. The molecule has 0 aromatic carbocycles. The van der Waals surface area contributed by atoms with Crippen molar-refractivity contribution in [2.45, 2.75) is 57.5 Å². The number of pyridine rings is 1. The largest absolute Gasteiger partial charge is 0.351 e. The van der Waals surface area contributed by atoms with Crippen LogP contribution in [0.15, 0.2) is 42.0 Å². The molecular formula is C23H30N4O3S. The minimum atomic E-state index is -0.771. The van der Waals surface area contributed by atoms with Gasteiger partial charge in [-0.05, 0) is 36.8 Å². The number of thiophene rings is 1. The molecule has 166 valence electrons. The first-order valence-corrected chi connectivity index (χ1v) is 11.8. The van der Waals surface area contributed by atoms with E-state index in [1.807, 2.05) is 18.4 Å². The molecule has 1 aliphatic rings. The van der Waals surface area contributed by atoms with Gasteiger partial charge in [-0.1, -0.05) is 38.3 Å². The molecule has 0 radical (unpaired) electrons. The summed E-state index contributed by atoms with van der Waals surface area (Å²) in [6.45, 7) is 2.31. The molecule has 1 saturated carbocycles. The lowest BCUT2D eigenvalue weighted by atomic mass is 10.0. The van der Waals surface area contributed by atoms with Crippen LogP contribution in [0.1, 0.15) is 66.7 Å². The van der Waals surface area contributed by atoms with E-state index in [0.717, 1.165) is 38.5 Å². The second kappa shape index (κ2) is 11.6. The summed E-state index contributed by atoms with van der Waals surface area (Å²) in [5, 5.41) is 7.64. The molecule has 0 aliphatic heterocycles. The third-order valence-corrected chi connectivity index (χ3v) is 6.35. The Bertz CT molecular complexity index is 851. The molecule has 2 aromatic rings. The SMILES string of the molecule is CCCCN(C(=O)CNC(=O)c1cccs1)[C@@H](C(=O)NC1CCCC1)c1cccnc1. The van der Waals surface area contributed by atoms with Gasteiger partial charge in [0.2, 0.25) is 11.8 Å². The van der Waals surface area contributed by atoms with E-state index < -0.39 is 6.04 Å². The van der Waals surface area contributed by atoms with Crippen molar-refractivity contribution < 1.29 is 14.4 Å². The second-order valence-electron chi connectivity index (χ2n) is 7.78. The van der Waals surface area contributed by atoms with Gasteiger partial charge in [0.1, 0.15) is 6.04 Å². The van der Waals surface area contributed by atoms with E-state index in [0.29, 0.717) is 17.0 Å². The summed E-state index contributed by atoms with van der Waals surface area (Å²) in [5.74, 6) is -0.755. The maximum Gasteiger partial charge on any atom is 0.261 e. The fraction of sp³-hybridized carbons (Fsp3) is 0.478. The topological polar surface area (TPSA) is 91.4 Å². The average molecular weight is 443 g/mol. The van der Waals surface area contributed by atoms with E-state index in [9.17, 15) is 14.4 Å². The van der Waals surface area contributed by atoms with Crippen LogP contribution in [0.5, 0.6) is 0 Å². The quantitative estimate of drug-likeness (QED) is 0.591. The number of unbranched alkanes of at least 4 members (excludes halogenated alkanes) is 1. The smallest absolute Gasteiger partial charge is 0.261 e. The Morgan fingerprint density at radius 3 is 2.68 bits per heavy atom. The van der Waals surface area contributed by atoms with Crippen molar-refractivity contribution in [3.63, 3.8) is 0 Å². The first kappa shape index (κ1) is 22.9. The number of hydrogen-bond acceptors (Lipinski definition) is 5. The Hall–Kier alpha value is -2.74. The van der Waals surface area contributed by atoms with Gasteiger partial charge >= 0.3 is 0 Å². The zero-order valence-corrected chi connectivity index (χ0v) is 18.7. The molecule has 8 heteroatoms. The van der Waals surface area contributed by atoms with Gasteiger partial charge in [-0.2, -0.15) is 0 Å². The molecule has 1 atom stereocenters. The van der Waals surface area contributed by atoms with Crippen LogP contribution >= 0.6 is 11.3 Å². The van der Waals surface area contributed by atoms with E-state index in [1.54, 1.807) is 35.5 Å². The van der Waals surface area contributed by atoms with Gasteiger partial charge in [0.15, 0.2) is 0 Å². The normalized spacial score (nSPS) is 14.7. The number of nitrogens with zero attached hydrogens (tertiary/aromatic N) is 2. The van der Waals surface area contributed by atoms with Crippen molar-refractivity contribution in [2.24, 2.45) is 0 Å². The van der Waals surface area contributed by atoms with Crippen LogP contribution in [-0.4, -0.2) is 46.7 Å². The van der Waals surface area contributed by atoms with Crippen molar-refractivity contribution in [2.75, 3.05) is 13.1 Å². The van der Waals surface area contributed by atoms with Gasteiger partial charge in [-0.3, -0.25) is 19.4 Å². The fourth-order valence-corrected chi connectivity index (χ4v) is 4.48. The Balaban J connectivity index is 1.78. The third kappa shape index (κ3) is 6.37. The molecule has 2 heterocycles. The lowest BCUT2D eigenvalue weighted by molar-refractivity contribution is -0.140. The summed E-state index contributed by atoms with van der Waals surface area (Å²) >= 11 is 1.32. The van der Waals surface area contributed by atoms with E-state index >= 15 is 0 Å². The number of rotatable bonds is 10. The zero-order valence-electron chi connectivity index (χ0n) is 17.9. The van der Waals surface area contributed by atoms with Crippen LogP contribution in [0, 0.1) is 0 Å². The molecular weight excluding hydrogens is 412 g/mol. The molecule has 3 amide bonds. The van der Waals surface area contributed by atoms with Crippen molar-refractivity contribution in [3.8, 4) is 0 Å². The summed E-state index contributed by atoms with van der Waals surface area (Å²) < 4.78 is 0. The van der Waals surface area contributed by atoms with Crippen molar-refractivity contribution in [3.05, 3.63) is 52.5 Å². The highest BCUT2D eigenvalue weighted by Crippen LogP contribution is 2.24. The molecule has 0 saturated heterocycles. The van der Waals surface area contributed by atoms with E-state index in [1.165, 1.54) is 11.3 Å².